The van der Waals surface area contributed by atoms with Crippen molar-refractivity contribution in [3.8, 4) is 0 Å². The van der Waals surface area contributed by atoms with Crippen molar-refractivity contribution in [1.82, 2.24) is 5.32 Å². The van der Waals surface area contributed by atoms with Crippen LogP contribution in [0.3, 0.4) is 0 Å². The van der Waals surface area contributed by atoms with Crippen LogP contribution in [-0.2, 0) is 0 Å². The minimum atomic E-state index is 0.298. The molecule has 0 bridgehead atoms. The van der Waals surface area contributed by atoms with Crippen molar-refractivity contribution >= 4 is 0 Å². The SMILES string of the molecule is CCC1(NCC(C)CO)CCC1. The molecule has 1 rings (SSSR count). The van der Waals surface area contributed by atoms with Crippen LogP contribution in [0.5, 0.6) is 0 Å². The molecule has 1 fully saturated rings. The first-order valence-corrected chi connectivity index (χ1v) is 5.08. The first-order chi connectivity index (χ1) is 5.72. The zero-order valence-electron chi connectivity index (χ0n) is 8.27. The smallest absolute Gasteiger partial charge is 0.0468 e. The van der Waals surface area contributed by atoms with Crippen LogP contribution in [0.2, 0.25) is 0 Å². The molecule has 0 aromatic carbocycles. The number of aliphatic hydroxyl groups is 1. The van der Waals surface area contributed by atoms with Gasteiger partial charge in [0, 0.05) is 18.7 Å². The molecule has 0 heterocycles. The molecule has 0 aromatic rings. The first-order valence-electron chi connectivity index (χ1n) is 5.08. The van der Waals surface area contributed by atoms with Gasteiger partial charge in [-0.05, 0) is 31.6 Å². The van der Waals surface area contributed by atoms with E-state index in [2.05, 4.69) is 19.2 Å². The van der Waals surface area contributed by atoms with Gasteiger partial charge in [-0.15, -0.1) is 0 Å². The van der Waals surface area contributed by atoms with Gasteiger partial charge in [-0.2, -0.15) is 0 Å². The fraction of sp³-hybridized carbons (Fsp3) is 1.00. The second-order valence-corrected chi connectivity index (χ2v) is 4.16. The average Bonchev–Trinajstić information content (AvgIpc) is 2.03. The molecule has 1 unspecified atom stereocenters. The van der Waals surface area contributed by atoms with E-state index in [1.165, 1.54) is 25.7 Å². The van der Waals surface area contributed by atoms with Crippen LogP contribution >= 0.6 is 0 Å². The second kappa shape index (κ2) is 4.24. The Morgan fingerprint density at radius 3 is 2.50 bits per heavy atom. The van der Waals surface area contributed by atoms with E-state index >= 15 is 0 Å². The lowest BCUT2D eigenvalue weighted by Gasteiger charge is -2.43. The zero-order chi connectivity index (χ0) is 9.03. The molecule has 12 heavy (non-hydrogen) atoms. The highest BCUT2D eigenvalue weighted by Crippen LogP contribution is 2.34. The zero-order valence-corrected chi connectivity index (χ0v) is 8.27. The normalized spacial score (nSPS) is 23.2. The third kappa shape index (κ3) is 2.20. The summed E-state index contributed by atoms with van der Waals surface area (Å²) in [7, 11) is 0. The lowest BCUT2D eigenvalue weighted by atomic mass is 9.74. The van der Waals surface area contributed by atoms with Crippen LogP contribution in [0, 0.1) is 5.92 Å². The molecule has 0 saturated heterocycles. The summed E-state index contributed by atoms with van der Waals surface area (Å²) in [6, 6.07) is 0. The molecule has 0 amide bonds. The van der Waals surface area contributed by atoms with E-state index in [1.807, 2.05) is 0 Å². The molecule has 1 aliphatic rings. The van der Waals surface area contributed by atoms with Crippen LogP contribution in [0.25, 0.3) is 0 Å². The van der Waals surface area contributed by atoms with Gasteiger partial charge in [0.1, 0.15) is 0 Å². The molecule has 0 aromatic heterocycles. The van der Waals surface area contributed by atoms with Crippen molar-refractivity contribution < 1.29 is 5.11 Å². The Morgan fingerprint density at radius 2 is 2.17 bits per heavy atom. The Hall–Kier alpha value is -0.0800. The summed E-state index contributed by atoms with van der Waals surface area (Å²) in [5.74, 6) is 0.397. The van der Waals surface area contributed by atoms with Gasteiger partial charge in [-0.1, -0.05) is 13.8 Å². The van der Waals surface area contributed by atoms with Crippen molar-refractivity contribution in [2.45, 2.75) is 45.1 Å². The monoisotopic (exact) mass is 171 g/mol. The highest BCUT2D eigenvalue weighted by molar-refractivity contribution is 4.94. The molecule has 1 atom stereocenters. The average molecular weight is 171 g/mol. The Bertz CT molecular complexity index is 126. The van der Waals surface area contributed by atoms with E-state index in [1.54, 1.807) is 0 Å². The van der Waals surface area contributed by atoms with Gasteiger partial charge >= 0.3 is 0 Å². The number of hydrogen-bond donors (Lipinski definition) is 2. The fourth-order valence-corrected chi connectivity index (χ4v) is 1.71. The maximum atomic E-state index is 8.86. The molecule has 0 spiro atoms. The Labute approximate surface area is 75.4 Å². The number of hydrogen-bond acceptors (Lipinski definition) is 2. The molecule has 1 aliphatic carbocycles. The minimum absolute atomic E-state index is 0.298. The largest absolute Gasteiger partial charge is 0.396 e. The van der Waals surface area contributed by atoms with Gasteiger partial charge in [0.25, 0.3) is 0 Å². The van der Waals surface area contributed by atoms with E-state index < -0.39 is 0 Å². The van der Waals surface area contributed by atoms with Crippen LogP contribution in [-0.4, -0.2) is 23.8 Å². The molecular formula is C10H21NO. The van der Waals surface area contributed by atoms with Gasteiger partial charge in [0.2, 0.25) is 0 Å². The fourth-order valence-electron chi connectivity index (χ4n) is 1.71. The van der Waals surface area contributed by atoms with E-state index in [-0.39, 0.29) is 0 Å². The van der Waals surface area contributed by atoms with Crippen molar-refractivity contribution in [3.05, 3.63) is 0 Å². The summed E-state index contributed by atoms with van der Waals surface area (Å²) < 4.78 is 0. The van der Waals surface area contributed by atoms with Gasteiger partial charge < -0.3 is 10.4 Å². The summed E-state index contributed by atoms with van der Waals surface area (Å²) in [6.45, 7) is 5.59. The molecular weight excluding hydrogens is 150 g/mol. The summed E-state index contributed by atoms with van der Waals surface area (Å²) >= 11 is 0. The molecule has 1 saturated carbocycles. The van der Waals surface area contributed by atoms with Crippen molar-refractivity contribution in [2.75, 3.05) is 13.2 Å². The molecule has 2 N–H and O–H groups in total. The molecule has 2 heteroatoms. The number of rotatable bonds is 5. The van der Waals surface area contributed by atoms with Crippen LogP contribution < -0.4 is 5.32 Å². The first kappa shape index (κ1) is 10.0. The van der Waals surface area contributed by atoms with Gasteiger partial charge in [-0.25, -0.2) is 0 Å². The lowest BCUT2D eigenvalue weighted by Crippen LogP contribution is -2.51. The summed E-state index contributed by atoms with van der Waals surface area (Å²) in [4.78, 5) is 0. The lowest BCUT2D eigenvalue weighted by molar-refractivity contribution is 0.154. The number of nitrogens with one attached hydrogen (secondary N) is 1. The van der Waals surface area contributed by atoms with E-state index in [9.17, 15) is 0 Å². The van der Waals surface area contributed by atoms with Crippen molar-refractivity contribution in [3.63, 3.8) is 0 Å². The predicted molar refractivity (Wildman–Crippen MR) is 51.1 cm³/mol. The molecule has 0 aliphatic heterocycles. The van der Waals surface area contributed by atoms with Gasteiger partial charge in [0.05, 0.1) is 0 Å². The topological polar surface area (TPSA) is 32.3 Å². The Balaban J connectivity index is 2.20. The van der Waals surface area contributed by atoms with Gasteiger partial charge in [-0.3, -0.25) is 0 Å². The quantitative estimate of drug-likeness (QED) is 0.657. The standard InChI is InChI=1S/C10H21NO/c1-3-10(5-4-6-10)11-7-9(2)8-12/h9,11-12H,3-8H2,1-2H3. The second-order valence-electron chi connectivity index (χ2n) is 4.16. The van der Waals surface area contributed by atoms with Gasteiger partial charge in [0.15, 0.2) is 0 Å². The molecule has 72 valence electrons. The maximum absolute atomic E-state index is 8.86. The third-order valence-electron chi connectivity index (χ3n) is 3.12. The van der Waals surface area contributed by atoms with Crippen molar-refractivity contribution in [1.29, 1.82) is 0 Å². The van der Waals surface area contributed by atoms with Crippen LogP contribution in [0.15, 0.2) is 0 Å². The molecule has 2 nitrogen and oxygen atoms in total. The van der Waals surface area contributed by atoms with E-state index in [0.29, 0.717) is 18.1 Å². The number of aliphatic hydroxyl groups excluding tert-OH is 1. The predicted octanol–water partition coefficient (Wildman–Crippen LogP) is 1.54. The van der Waals surface area contributed by atoms with E-state index in [4.69, 9.17) is 5.11 Å². The van der Waals surface area contributed by atoms with Crippen molar-refractivity contribution in [2.24, 2.45) is 5.92 Å². The highest BCUT2D eigenvalue weighted by atomic mass is 16.3. The van der Waals surface area contributed by atoms with Crippen LogP contribution in [0.1, 0.15) is 39.5 Å². The summed E-state index contributed by atoms with van der Waals surface area (Å²) in [5, 5.41) is 12.4. The molecule has 0 radical (unpaired) electrons. The summed E-state index contributed by atoms with van der Waals surface area (Å²) in [6.07, 6.45) is 5.24. The third-order valence-corrected chi connectivity index (χ3v) is 3.12. The van der Waals surface area contributed by atoms with E-state index in [0.717, 1.165) is 6.54 Å². The maximum Gasteiger partial charge on any atom is 0.0468 e. The Kier molecular flexibility index (Phi) is 3.53. The minimum Gasteiger partial charge on any atom is -0.396 e. The summed E-state index contributed by atoms with van der Waals surface area (Å²) in [5.41, 5.74) is 0.434. The Morgan fingerprint density at radius 1 is 1.50 bits per heavy atom. The highest BCUT2D eigenvalue weighted by Gasteiger charge is 2.34. The van der Waals surface area contributed by atoms with Crippen LogP contribution in [0.4, 0.5) is 0 Å².